The molecule has 0 amide bonds. The molecule has 2 aliphatic carbocycles. The van der Waals surface area contributed by atoms with Gasteiger partial charge in [0, 0.05) is 12.8 Å². The Morgan fingerprint density at radius 3 is 2.31 bits per heavy atom. The van der Waals surface area contributed by atoms with Gasteiger partial charge in [-0.3, -0.25) is 0 Å². The Balaban J connectivity index is 2.05. The third-order valence-corrected chi connectivity index (χ3v) is 3.37. The second kappa shape index (κ2) is 3.81. The minimum atomic E-state index is -0.338. The Hall–Kier alpha value is -0.330. The highest BCUT2D eigenvalue weighted by Crippen LogP contribution is 2.36. The fourth-order valence-electron chi connectivity index (χ4n) is 2.06. The Morgan fingerprint density at radius 1 is 1.08 bits per heavy atom. The molecule has 3 heteroatoms. The number of rotatable bonds is 1. The molecule has 0 bridgehead atoms. The van der Waals surface area contributed by atoms with Crippen LogP contribution in [0.25, 0.3) is 0 Å². The van der Waals surface area contributed by atoms with Gasteiger partial charge in [0.2, 0.25) is 5.00 Å². The van der Waals surface area contributed by atoms with Crippen LogP contribution < -0.4 is 0 Å². The first-order chi connectivity index (χ1) is 6.29. The SMILES string of the molecule is ClC1(N=[N+]=C2CCCC2)CCCC1. The van der Waals surface area contributed by atoms with Crippen LogP contribution in [0.2, 0.25) is 0 Å². The maximum atomic E-state index is 6.28. The lowest BCUT2D eigenvalue weighted by atomic mass is 10.3. The summed E-state index contributed by atoms with van der Waals surface area (Å²) in [5, 5.41) is 4.29. The minimum absolute atomic E-state index is 0.338. The van der Waals surface area contributed by atoms with Gasteiger partial charge in [-0.2, -0.15) is 0 Å². The average Bonchev–Trinajstić information content (AvgIpc) is 2.72. The zero-order valence-electron chi connectivity index (χ0n) is 7.93. The van der Waals surface area contributed by atoms with E-state index in [-0.39, 0.29) is 5.00 Å². The number of nitrogens with zero attached hydrogens (tertiary/aromatic N) is 2. The van der Waals surface area contributed by atoms with Gasteiger partial charge in [-0.1, -0.05) is 11.6 Å². The molecule has 0 heterocycles. The lowest BCUT2D eigenvalue weighted by Gasteiger charge is -2.03. The van der Waals surface area contributed by atoms with Gasteiger partial charge in [-0.15, -0.1) is 0 Å². The average molecular weight is 200 g/mol. The smallest absolute Gasteiger partial charge is 0.0854 e. The van der Waals surface area contributed by atoms with E-state index in [0.717, 1.165) is 25.7 Å². The largest absolute Gasteiger partial charge is 0.318 e. The molecule has 0 aromatic carbocycles. The topological polar surface area (TPSA) is 26.5 Å². The molecule has 0 N–H and O–H groups in total. The Labute approximate surface area is 84.1 Å². The van der Waals surface area contributed by atoms with Crippen molar-refractivity contribution in [1.82, 2.24) is 0 Å². The van der Waals surface area contributed by atoms with Crippen molar-refractivity contribution in [1.29, 1.82) is 0 Å². The van der Waals surface area contributed by atoms with Crippen molar-refractivity contribution < 1.29 is 4.79 Å². The highest BCUT2D eigenvalue weighted by Gasteiger charge is 2.36. The van der Waals surface area contributed by atoms with Crippen molar-refractivity contribution in [2.24, 2.45) is 5.11 Å². The Bertz CT molecular complexity index is 240. The molecule has 2 nitrogen and oxygen atoms in total. The van der Waals surface area contributed by atoms with Crippen molar-refractivity contribution in [2.75, 3.05) is 0 Å². The van der Waals surface area contributed by atoms with E-state index in [1.54, 1.807) is 0 Å². The van der Waals surface area contributed by atoms with Crippen LogP contribution >= 0.6 is 11.6 Å². The molecule has 0 unspecified atom stereocenters. The standard InChI is InChI=1S/C10H16ClN2/c11-10(7-3-4-8-10)13-12-9-5-1-2-6-9/h1-8H2/q+1. The fourth-order valence-corrected chi connectivity index (χ4v) is 2.37. The zero-order chi connectivity index (χ0) is 9.15. The van der Waals surface area contributed by atoms with Gasteiger partial charge in [-0.05, 0) is 38.5 Å². The maximum Gasteiger partial charge on any atom is 0.318 e. The van der Waals surface area contributed by atoms with Crippen LogP contribution in [0.3, 0.4) is 0 Å². The third kappa shape index (κ3) is 2.32. The molecule has 13 heavy (non-hydrogen) atoms. The molecule has 0 atom stereocenters. The molecule has 2 rings (SSSR count). The van der Waals surface area contributed by atoms with Crippen molar-refractivity contribution in [2.45, 2.75) is 56.4 Å². The summed E-state index contributed by atoms with van der Waals surface area (Å²) in [5.74, 6) is 0. The summed E-state index contributed by atoms with van der Waals surface area (Å²) in [6, 6.07) is 0. The molecule has 0 aromatic heterocycles. The van der Waals surface area contributed by atoms with Gasteiger partial charge in [0.1, 0.15) is 5.11 Å². The summed E-state index contributed by atoms with van der Waals surface area (Å²) < 4.78 is 0. The lowest BCUT2D eigenvalue weighted by molar-refractivity contribution is -0.108. The molecular weight excluding hydrogens is 184 g/mol. The van der Waals surface area contributed by atoms with Crippen LogP contribution in [-0.4, -0.2) is 15.5 Å². The second-order valence-corrected chi connectivity index (χ2v) is 4.80. The Morgan fingerprint density at radius 2 is 1.69 bits per heavy atom. The first-order valence-electron chi connectivity index (χ1n) is 5.25. The molecule has 2 aliphatic rings. The molecule has 0 aromatic rings. The first kappa shape index (κ1) is 9.23. The molecule has 0 aliphatic heterocycles. The van der Waals surface area contributed by atoms with Crippen LogP contribution in [0, 0.1) is 0 Å². The van der Waals surface area contributed by atoms with Gasteiger partial charge < -0.3 is 0 Å². The summed E-state index contributed by atoms with van der Waals surface area (Å²) in [6.45, 7) is 0. The summed E-state index contributed by atoms with van der Waals surface area (Å²) in [4.78, 5) is 3.95. The molecule has 0 radical (unpaired) electrons. The Kier molecular flexibility index (Phi) is 2.71. The molecule has 72 valence electrons. The summed E-state index contributed by atoms with van der Waals surface area (Å²) >= 11 is 6.28. The lowest BCUT2D eigenvalue weighted by Crippen LogP contribution is -2.12. The zero-order valence-corrected chi connectivity index (χ0v) is 8.69. The minimum Gasteiger partial charge on any atom is -0.0854 e. The van der Waals surface area contributed by atoms with E-state index >= 15 is 0 Å². The fraction of sp³-hybridized carbons (Fsp3) is 0.900. The van der Waals surface area contributed by atoms with Crippen LogP contribution in [0.5, 0.6) is 0 Å². The van der Waals surface area contributed by atoms with E-state index in [4.69, 9.17) is 11.6 Å². The number of alkyl halides is 1. The van der Waals surface area contributed by atoms with Gasteiger partial charge in [0.25, 0.3) is 0 Å². The van der Waals surface area contributed by atoms with Gasteiger partial charge in [-0.25, -0.2) is 0 Å². The quantitative estimate of drug-likeness (QED) is 0.269. The van der Waals surface area contributed by atoms with Gasteiger partial charge >= 0.3 is 5.71 Å². The van der Waals surface area contributed by atoms with Gasteiger partial charge in [0.15, 0.2) is 0 Å². The predicted octanol–water partition coefficient (Wildman–Crippen LogP) is 3.17. The molecule has 2 saturated carbocycles. The monoisotopic (exact) mass is 199 g/mol. The number of halogens is 1. The van der Waals surface area contributed by atoms with Crippen LogP contribution in [-0.2, 0) is 0 Å². The maximum absolute atomic E-state index is 6.28. The summed E-state index contributed by atoms with van der Waals surface area (Å²) in [5.41, 5.74) is 1.26. The van der Waals surface area contributed by atoms with E-state index in [2.05, 4.69) is 9.90 Å². The van der Waals surface area contributed by atoms with E-state index in [1.165, 1.54) is 31.4 Å². The number of hydrogen-bond donors (Lipinski definition) is 0. The van der Waals surface area contributed by atoms with Crippen LogP contribution in [0.4, 0.5) is 0 Å². The highest BCUT2D eigenvalue weighted by atomic mass is 35.5. The molecule has 2 fully saturated rings. The van der Waals surface area contributed by atoms with Gasteiger partial charge in [0.05, 0.1) is 4.79 Å². The highest BCUT2D eigenvalue weighted by molar-refractivity contribution is 6.23. The summed E-state index contributed by atoms with van der Waals surface area (Å²) in [6.07, 6.45) is 9.26. The van der Waals surface area contributed by atoms with E-state index < -0.39 is 0 Å². The van der Waals surface area contributed by atoms with Crippen LogP contribution in [0.15, 0.2) is 5.11 Å². The third-order valence-electron chi connectivity index (χ3n) is 2.92. The molecule has 0 saturated heterocycles. The first-order valence-corrected chi connectivity index (χ1v) is 5.63. The summed E-state index contributed by atoms with van der Waals surface area (Å²) in [7, 11) is 0. The number of hydrogen-bond acceptors (Lipinski definition) is 1. The second-order valence-electron chi connectivity index (χ2n) is 4.10. The van der Waals surface area contributed by atoms with Crippen molar-refractivity contribution in [3.8, 4) is 0 Å². The van der Waals surface area contributed by atoms with E-state index in [1.807, 2.05) is 0 Å². The van der Waals surface area contributed by atoms with Crippen molar-refractivity contribution in [3.63, 3.8) is 0 Å². The molecule has 0 spiro atoms. The van der Waals surface area contributed by atoms with Crippen molar-refractivity contribution >= 4 is 17.3 Å². The van der Waals surface area contributed by atoms with Crippen LogP contribution in [0.1, 0.15) is 51.4 Å². The van der Waals surface area contributed by atoms with E-state index in [9.17, 15) is 0 Å². The normalized spacial score (nSPS) is 26.1. The molecular formula is C10H16ClN2+. The van der Waals surface area contributed by atoms with Crippen molar-refractivity contribution in [3.05, 3.63) is 0 Å². The predicted molar refractivity (Wildman–Crippen MR) is 53.2 cm³/mol. The van der Waals surface area contributed by atoms with E-state index in [0.29, 0.717) is 0 Å².